The normalized spacial score (nSPS) is 10.5. The van der Waals surface area contributed by atoms with Crippen LogP contribution in [0.2, 0.25) is 5.02 Å². The number of ether oxygens (including phenoxy) is 1. The second-order valence-corrected chi connectivity index (χ2v) is 3.88. The van der Waals surface area contributed by atoms with Crippen LogP contribution < -0.4 is 5.56 Å². The molecule has 4 nitrogen and oxygen atoms in total. The van der Waals surface area contributed by atoms with E-state index in [0.717, 1.165) is 0 Å². The third kappa shape index (κ3) is 2.17. The molecule has 2 rings (SSSR count). The highest BCUT2D eigenvalue weighted by Gasteiger charge is 2.13. The Hall–Kier alpha value is -1.81. The first kappa shape index (κ1) is 11.7. The number of carbonyl (C=O) groups is 1. The number of carbonyl (C=O) groups excluding carboxylic acids is 1. The van der Waals surface area contributed by atoms with Crippen LogP contribution in [0.5, 0.6) is 0 Å². The molecule has 0 aliphatic rings. The highest BCUT2D eigenvalue weighted by Crippen LogP contribution is 2.19. The van der Waals surface area contributed by atoms with Crippen LogP contribution in [-0.2, 0) is 4.74 Å². The Kier molecular flexibility index (Phi) is 3.15. The van der Waals surface area contributed by atoms with Gasteiger partial charge in [-0.15, -0.1) is 0 Å². The monoisotopic (exact) mass is 251 g/mol. The maximum absolute atomic E-state index is 11.7. The van der Waals surface area contributed by atoms with Gasteiger partial charge < -0.3 is 9.72 Å². The number of hydrogen-bond donors (Lipinski definition) is 1. The highest BCUT2D eigenvalue weighted by molar-refractivity contribution is 6.31. The number of benzene rings is 1. The standard InChI is InChI=1S/C12H10ClNO3/c1-2-17-12(16)10-6-14-11(15)9-5-7(13)3-4-8(9)10/h3-6H,2H2,1H3,(H,14,15). The number of rotatable bonds is 2. The lowest BCUT2D eigenvalue weighted by Gasteiger charge is -2.05. The molecule has 0 atom stereocenters. The van der Waals surface area contributed by atoms with Crippen molar-refractivity contribution in [1.29, 1.82) is 0 Å². The highest BCUT2D eigenvalue weighted by atomic mass is 35.5. The number of hydrogen-bond acceptors (Lipinski definition) is 3. The molecule has 0 saturated heterocycles. The van der Waals surface area contributed by atoms with Crippen molar-refractivity contribution >= 4 is 28.3 Å². The SMILES string of the molecule is CCOC(=O)c1c[nH]c(=O)c2cc(Cl)ccc12. The Morgan fingerprint density at radius 1 is 1.41 bits per heavy atom. The zero-order valence-corrected chi connectivity index (χ0v) is 9.88. The van der Waals surface area contributed by atoms with Crippen molar-refractivity contribution < 1.29 is 9.53 Å². The van der Waals surface area contributed by atoms with Crippen LogP contribution in [0.1, 0.15) is 17.3 Å². The molecule has 0 radical (unpaired) electrons. The average molecular weight is 252 g/mol. The molecule has 0 saturated carbocycles. The second-order valence-electron chi connectivity index (χ2n) is 3.44. The molecule has 0 bridgehead atoms. The molecule has 5 heteroatoms. The van der Waals surface area contributed by atoms with E-state index in [4.69, 9.17) is 16.3 Å². The molecule has 1 aromatic carbocycles. The van der Waals surface area contributed by atoms with Crippen LogP contribution in [0.15, 0.2) is 29.2 Å². The number of H-pyrrole nitrogens is 1. The van der Waals surface area contributed by atoms with E-state index in [1.807, 2.05) is 0 Å². The van der Waals surface area contributed by atoms with Gasteiger partial charge in [-0.05, 0) is 19.1 Å². The van der Waals surface area contributed by atoms with E-state index in [1.165, 1.54) is 12.3 Å². The van der Waals surface area contributed by atoms with Crippen molar-refractivity contribution in [3.63, 3.8) is 0 Å². The van der Waals surface area contributed by atoms with Crippen molar-refractivity contribution in [3.05, 3.63) is 45.3 Å². The van der Waals surface area contributed by atoms with E-state index in [2.05, 4.69) is 4.98 Å². The minimum Gasteiger partial charge on any atom is -0.462 e. The van der Waals surface area contributed by atoms with Gasteiger partial charge in [-0.1, -0.05) is 17.7 Å². The summed E-state index contributed by atoms with van der Waals surface area (Å²) in [5, 5.41) is 1.36. The minimum atomic E-state index is -0.462. The predicted molar refractivity (Wildman–Crippen MR) is 65.5 cm³/mol. The van der Waals surface area contributed by atoms with E-state index in [9.17, 15) is 9.59 Å². The maximum Gasteiger partial charge on any atom is 0.340 e. The zero-order valence-electron chi connectivity index (χ0n) is 9.12. The molecule has 1 aromatic heterocycles. The van der Waals surface area contributed by atoms with Crippen molar-refractivity contribution in [1.82, 2.24) is 4.98 Å². The summed E-state index contributed by atoms with van der Waals surface area (Å²) in [5.74, 6) is -0.462. The summed E-state index contributed by atoms with van der Waals surface area (Å²) in [6.45, 7) is 2.01. The van der Waals surface area contributed by atoms with Crippen LogP contribution in [-0.4, -0.2) is 17.6 Å². The van der Waals surface area contributed by atoms with Crippen LogP contribution in [0.4, 0.5) is 0 Å². The number of nitrogens with one attached hydrogen (secondary N) is 1. The molecule has 17 heavy (non-hydrogen) atoms. The third-order valence-electron chi connectivity index (χ3n) is 2.36. The Morgan fingerprint density at radius 2 is 2.18 bits per heavy atom. The number of fused-ring (bicyclic) bond motifs is 1. The summed E-state index contributed by atoms with van der Waals surface area (Å²) in [4.78, 5) is 25.8. The first-order valence-electron chi connectivity index (χ1n) is 5.11. The van der Waals surface area contributed by atoms with E-state index >= 15 is 0 Å². The maximum atomic E-state index is 11.7. The average Bonchev–Trinajstić information content (AvgIpc) is 2.30. The third-order valence-corrected chi connectivity index (χ3v) is 2.59. The van der Waals surface area contributed by atoms with Crippen LogP contribution >= 0.6 is 11.6 Å². The molecule has 0 aliphatic heterocycles. The molecule has 0 fully saturated rings. The van der Waals surface area contributed by atoms with E-state index in [0.29, 0.717) is 21.4 Å². The Balaban J connectivity index is 2.70. The molecule has 2 aromatic rings. The van der Waals surface area contributed by atoms with Crippen molar-refractivity contribution in [3.8, 4) is 0 Å². The lowest BCUT2D eigenvalue weighted by Crippen LogP contribution is -2.12. The number of aromatic amines is 1. The topological polar surface area (TPSA) is 59.2 Å². The molecular weight excluding hydrogens is 242 g/mol. The minimum absolute atomic E-state index is 0.282. The van der Waals surface area contributed by atoms with Gasteiger partial charge in [-0.2, -0.15) is 0 Å². The summed E-state index contributed by atoms with van der Waals surface area (Å²) in [6, 6.07) is 4.80. The second kappa shape index (κ2) is 4.59. The number of pyridine rings is 1. The molecule has 1 N–H and O–H groups in total. The molecule has 1 heterocycles. The number of halogens is 1. The van der Waals surface area contributed by atoms with E-state index < -0.39 is 5.97 Å². The van der Waals surface area contributed by atoms with Gasteiger partial charge >= 0.3 is 5.97 Å². The lowest BCUT2D eigenvalue weighted by atomic mass is 10.1. The molecular formula is C12H10ClNO3. The molecule has 0 unspecified atom stereocenters. The fourth-order valence-corrected chi connectivity index (χ4v) is 1.78. The van der Waals surface area contributed by atoms with Gasteiger partial charge in [0.1, 0.15) is 0 Å². The fourth-order valence-electron chi connectivity index (χ4n) is 1.61. The number of esters is 1. The predicted octanol–water partition coefficient (Wildman–Crippen LogP) is 2.36. The number of aromatic nitrogens is 1. The van der Waals surface area contributed by atoms with Crippen LogP contribution in [0, 0.1) is 0 Å². The van der Waals surface area contributed by atoms with E-state index in [1.54, 1.807) is 19.1 Å². The Labute approximate surface area is 102 Å². The lowest BCUT2D eigenvalue weighted by molar-refractivity contribution is 0.0528. The van der Waals surface area contributed by atoms with Crippen LogP contribution in [0.25, 0.3) is 10.8 Å². The smallest absolute Gasteiger partial charge is 0.340 e. The summed E-state index contributed by atoms with van der Waals surface area (Å²) in [5.41, 5.74) is 0.0497. The van der Waals surface area contributed by atoms with Crippen molar-refractivity contribution in [2.45, 2.75) is 6.92 Å². The van der Waals surface area contributed by atoms with Gasteiger partial charge in [0.2, 0.25) is 0 Å². The zero-order chi connectivity index (χ0) is 12.4. The summed E-state index contributed by atoms with van der Waals surface area (Å²) >= 11 is 5.81. The summed E-state index contributed by atoms with van der Waals surface area (Å²) in [7, 11) is 0. The first-order chi connectivity index (χ1) is 8.13. The van der Waals surface area contributed by atoms with Gasteiger partial charge in [-0.3, -0.25) is 4.79 Å². The summed E-state index contributed by atoms with van der Waals surface area (Å²) in [6.07, 6.45) is 1.36. The van der Waals surface area contributed by atoms with Gasteiger partial charge in [-0.25, -0.2) is 4.79 Å². The van der Waals surface area contributed by atoms with Crippen LogP contribution in [0.3, 0.4) is 0 Å². The Morgan fingerprint density at radius 3 is 2.88 bits per heavy atom. The molecule has 88 valence electrons. The van der Waals surface area contributed by atoms with Crippen molar-refractivity contribution in [2.24, 2.45) is 0 Å². The van der Waals surface area contributed by atoms with Gasteiger partial charge in [0.05, 0.1) is 12.2 Å². The summed E-state index contributed by atoms with van der Waals surface area (Å²) < 4.78 is 4.91. The largest absolute Gasteiger partial charge is 0.462 e. The Bertz CT molecular complexity index is 633. The molecule has 0 spiro atoms. The van der Waals surface area contributed by atoms with Crippen molar-refractivity contribution in [2.75, 3.05) is 6.61 Å². The van der Waals surface area contributed by atoms with Gasteiger partial charge in [0.25, 0.3) is 5.56 Å². The first-order valence-corrected chi connectivity index (χ1v) is 5.49. The van der Waals surface area contributed by atoms with E-state index in [-0.39, 0.29) is 12.2 Å². The van der Waals surface area contributed by atoms with Gasteiger partial charge in [0.15, 0.2) is 0 Å². The fraction of sp³-hybridized carbons (Fsp3) is 0.167. The molecule has 0 amide bonds. The quantitative estimate of drug-likeness (QED) is 0.834. The molecule has 0 aliphatic carbocycles. The van der Waals surface area contributed by atoms with Gasteiger partial charge in [0, 0.05) is 22.0 Å².